The van der Waals surface area contributed by atoms with Crippen molar-refractivity contribution in [3.8, 4) is 5.75 Å². The van der Waals surface area contributed by atoms with Crippen molar-refractivity contribution in [3.63, 3.8) is 0 Å². The summed E-state index contributed by atoms with van der Waals surface area (Å²) in [5.41, 5.74) is 4.02. The molecule has 0 saturated carbocycles. The van der Waals surface area contributed by atoms with Gasteiger partial charge in [-0.1, -0.05) is 42.5 Å². The Morgan fingerprint density at radius 2 is 1.71 bits per heavy atom. The van der Waals surface area contributed by atoms with E-state index in [4.69, 9.17) is 4.74 Å². The van der Waals surface area contributed by atoms with E-state index in [1.54, 1.807) is 0 Å². The quantitative estimate of drug-likeness (QED) is 0.796. The summed E-state index contributed by atoms with van der Waals surface area (Å²) < 4.78 is 6.15. The molecule has 0 unspecified atom stereocenters. The van der Waals surface area contributed by atoms with Gasteiger partial charge in [0.1, 0.15) is 5.75 Å². The van der Waals surface area contributed by atoms with Gasteiger partial charge in [-0.2, -0.15) is 0 Å². The maximum atomic E-state index is 12.9. The number of rotatable bonds is 5. The lowest BCUT2D eigenvalue weighted by molar-refractivity contribution is -0.139. The third-order valence-corrected chi connectivity index (χ3v) is 5.94. The number of piperazine rings is 1. The Bertz CT molecular complexity index is 798. The molecule has 1 heterocycles. The number of benzene rings is 2. The highest BCUT2D eigenvalue weighted by Crippen LogP contribution is 2.30. The summed E-state index contributed by atoms with van der Waals surface area (Å²) in [4.78, 5) is 17.3. The van der Waals surface area contributed by atoms with Gasteiger partial charge in [-0.15, -0.1) is 0 Å². The molecule has 1 fully saturated rings. The summed E-state index contributed by atoms with van der Waals surface area (Å²) in [6.07, 6.45) is 4.20. The fourth-order valence-corrected chi connectivity index (χ4v) is 4.32. The number of nitrogens with zero attached hydrogens (tertiary/aromatic N) is 2. The first kappa shape index (κ1) is 19.0. The molecule has 1 atom stereocenters. The second-order valence-electron chi connectivity index (χ2n) is 7.95. The van der Waals surface area contributed by atoms with Crippen molar-refractivity contribution in [2.75, 3.05) is 26.2 Å². The van der Waals surface area contributed by atoms with Crippen LogP contribution in [-0.2, 0) is 24.2 Å². The Balaban J connectivity index is 1.31. The predicted octanol–water partition coefficient (Wildman–Crippen LogP) is 3.68. The monoisotopic (exact) mass is 378 g/mol. The number of ether oxygens (including phenoxy) is 1. The number of hydrogen-bond acceptors (Lipinski definition) is 3. The third-order valence-electron chi connectivity index (χ3n) is 5.94. The molecular weight excluding hydrogens is 348 g/mol. The first-order valence-electron chi connectivity index (χ1n) is 10.5. The Morgan fingerprint density at radius 1 is 0.964 bits per heavy atom. The molecule has 4 nitrogen and oxygen atoms in total. The van der Waals surface area contributed by atoms with E-state index in [9.17, 15) is 4.79 Å². The van der Waals surface area contributed by atoms with Crippen LogP contribution in [-0.4, -0.2) is 48.0 Å². The van der Waals surface area contributed by atoms with Gasteiger partial charge < -0.3 is 9.64 Å². The zero-order chi connectivity index (χ0) is 19.3. The number of aryl methyl sites for hydroxylation is 1. The van der Waals surface area contributed by atoms with Gasteiger partial charge >= 0.3 is 0 Å². The van der Waals surface area contributed by atoms with E-state index >= 15 is 0 Å². The zero-order valence-electron chi connectivity index (χ0n) is 16.8. The van der Waals surface area contributed by atoms with Gasteiger partial charge in [0.15, 0.2) is 6.10 Å². The van der Waals surface area contributed by atoms with Crippen LogP contribution < -0.4 is 4.74 Å². The molecule has 0 radical (unpaired) electrons. The second kappa shape index (κ2) is 8.78. The highest BCUT2D eigenvalue weighted by molar-refractivity contribution is 5.81. The van der Waals surface area contributed by atoms with E-state index in [0.717, 1.165) is 51.3 Å². The molecule has 4 rings (SSSR count). The van der Waals surface area contributed by atoms with Crippen LogP contribution in [0, 0.1) is 0 Å². The molecule has 28 heavy (non-hydrogen) atoms. The normalized spacial score (nSPS) is 18.4. The van der Waals surface area contributed by atoms with Crippen LogP contribution in [0.3, 0.4) is 0 Å². The lowest BCUT2D eigenvalue weighted by Crippen LogP contribution is -2.51. The molecule has 4 heteroatoms. The fourth-order valence-electron chi connectivity index (χ4n) is 4.32. The molecule has 1 aliphatic carbocycles. The summed E-state index contributed by atoms with van der Waals surface area (Å²) in [7, 11) is 0. The molecule has 2 aromatic carbocycles. The highest BCUT2D eigenvalue weighted by atomic mass is 16.5. The summed E-state index contributed by atoms with van der Waals surface area (Å²) >= 11 is 0. The summed E-state index contributed by atoms with van der Waals surface area (Å²) in [5, 5.41) is 0. The third kappa shape index (κ3) is 4.39. The summed E-state index contributed by atoms with van der Waals surface area (Å²) in [6.45, 7) is 6.20. The molecule has 0 spiro atoms. The van der Waals surface area contributed by atoms with Crippen LogP contribution in [0.1, 0.15) is 36.5 Å². The predicted molar refractivity (Wildman–Crippen MR) is 111 cm³/mol. The van der Waals surface area contributed by atoms with Crippen LogP contribution in [0.4, 0.5) is 0 Å². The van der Waals surface area contributed by atoms with Gasteiger partial charge in [0.25, 0.3) is 5.91 Å². The van der Waals surface area contributed by atoms with E-state index < -0.39 is 6.10 Å². The van der Waals surface area contributed by atoms with Gasteiger partial charge in [0, 0.05) is 32.7 Å². The lowest BCUT2D eigenvalue weighted by atomic mass is 9.91. The topological polar surface area (TPSA) is 32.8 Å². The Hall–Kier alpha value is -2.33. The van der Waals surface area contributed by atoms with E-state index in [2.05, 4.69) is 41.3 Å². The average molecular weight is 379 g/mol. The van der Waals surface area contributed by atoms with Crippen molar-refractivity contribution in [1.29, 1.82) is 0 Å². The van der Waals surface area contributed by atoms with Crippen molar-refractivity contribution in [2.45, 2.75) is 45.3 Å². The van der Waals surface area contributed by atoms with Crippen molar-refractivity contribution in [2.24, 2.45) is 0 Å². The van der Waals surface area contributed by atoms with Crippen molar-refractivity contribution in [1.82, 2.24) is 9.80 Å². The minimum atomic E-state index is -0.436. The first-order valence-corrected chi connectivity index (χ1v) is 10.5. The van der Waals surface area contributed by atoms with E-state index in [-0.39, 0.29) is 5.91 Å². The van der Waals surface area contributed by atoms with Gasteiger partial charge in [-0.25, -0.2) is 0 Å². The molecule has 1 aliphatic heterocycles. The molecule has 2 aliphatic rings. The molecule has 0 bridgehead atoms. The molecular formula is C24H30N2O2. The number of amides is 1. The Labute approximate surface area is 168 Å². The van der Waals surface area contributed by atoms with Crippen LogP contribution in [0.5, 0.6) is 5.75 Å². The van der Waals surface area contributed by atoms with E-state index in [1.807, 2.05) is 24.0 Å². The van der Waals surface area contributed by atoms with Crippen LogP contribution >= 0.6 is 0 Å². The second-order valence-corrected chi connectivity index (χ2v) is 7.95. The Kier molecular flexibility index (Phi) is 5.96. The van der Waals surface area contributed by atoms with Gasteiger partial charge in [0.2, 0.25) is 0 Å². The van der Waals surface area contributed by atoms with E-state index in [1.165, 1.54) is 29.5 Å². The van der Waals surface area contributed by atoms with Crippen LogP contribution in [0.25, 0.3) is 0 Å². The molecule has 1 saturated heterocycles. The Morgan fingerprint density at radius 3 is 2.50 bits per heavy atom. The molecule has 2 aromatic rings. The van der Waals surface area contributed by atoms with Gasteiger partial charge in [-0.05, 0) is 55.4 Å². The van der Waals surface area contributed by atoms with Gasteiger partial charge in [0.05, 0.1) is 0 Å². The largest absolute Gasteiger partial charge is 0.481 e. The maximum absolute atomic E-state index is 12.9. The zero-order valence-corrected chi connectivity index (χ0v) is 16.8. The smallest absolute Gasteiger partial charge is 0.263 e. The SMILES string of the molecule is C[C@@H](Oc1cccc2c1CCCC2)C(=O)N1CCN(Cc2ccccc2)CC1. The minimum absolute atomic E-state index is 0.104. The number of fused-ring (bicyclic) bond motifs is 1. The molecule has 0 N–H and O–H groups in total. The molecule has 148 valence electrons. The standard InChI is InChI=1S/C24H30N2O2/c1-19(28-23-13-7-11-21-10-5-6-12-22(21)23)24(27)26-16-14-25(15-17-26)18-20-8-3-2-4-9-20/h2-4,7-9,11,13,19H,5-6,10,12,14-18H2,1H3/t19-/m1/s1. The van der Waals surface area contributed by atoms with Crippen molar-refractivity contribution >= 4 is 5.91 Å². The lowest BCUT2D eigenvalue weighted by Gasteiger charge is -2.36. The van der Waals surface area contributed by atoms with Crippen molar-refractivity contribution < 1.29 is 9.53 Å². The first-order chi connectivity index (χ1) is 13.7. The summed E-state index contributed by atoms with van der Waals surface area (Å²) in [5.74, 6) is 1.01. The number of carbonyl (C=O) groups is 1. The van der Waals surface area contributed by atoms with Crippen LogP contribution in [0.2, 0.25) is 0 Å². The fraction of sp³-hybridized carbons (Fsp3) is 0.458. The van der Waals surface area contributed by atoms with Gasteiger partial charge in [-0.3, -0.25) is 9.69 Å². The number of hydrogen-bond donors (Lipinski definition) is 0. The summed E-state index contributed by atoms with van der Waals surface area (Å²) in [6, 6.07) is 16.8. The minimum Gasteiger partial charge on any atom is -0.481 e. The highest BCUT2D eigenvalue weighted by Gasteiger charge is 2.27. The average Bonchev–Trinajstić information content (AvgIpc) is 2.75. The maximum Gasteiger partial charge on any atom is 0.263 e. The van der Waals surface area contributed by atoms with E-state index in [0.29, 0.717) is 0 Å². The van der Waals surface area contributed by atoms with Crippen molar-refractivity contribution in [3.05, 3.63) is 65.2 Å². The number of carbonyl (C=O) groups excluding carboxylic acids is 1. The molecule has 1 amide bonds. The molecule has 0 aromatic heterocycles. The van der Waals surface area contributed by atoms with Crippen LogP contribution in [0.15, 0.2) is 48.5 Å².